The third-order valence-corrected chi connectivity index (χ3v) is 4.92. The smallest absolute Gasteiger partial charge is 0.227 e. The Balaban J connectivity index is 1.75. The summed E-state index contributed by atoms with van der Waals surface area (Å²) in [5, 5.41) is 4.17. The lowest BCUT2D eigenvalue weighted by molar-refractivity contribution is -0.146. The van der Waals surface area contributed by atoms with E-state index in [1.54, 1.807) is 23.0 Å². The van der Waals surface area contributed by atoms with Gasteiger partial charge in [-0.3, -0.25) is 14.3 Å². The van der Waals surface area contributed by atoms with Crippen LogP contribution in [0.4, 0.5) is 0 Å². The Morgan fingerprint density at radius 3 is 2.72 bits per heavy atom. The summed E-state index contributed by atoms with van der Waals surface area (Å²) in [6.07, 6.45) is 4.63. The number of hydrogen-bond acceptors (Lipinski definition) is 3. The highest BCUT2D eigenvalue weighted by Crippen LogP contribution is 2.36. The second-order valence-corrected chi connectivity index (χ2v) is 6.53. The molecule has 2 heterocycles. The number of hydrogen-bond donors (Lipinski definition) is 0. The fraction of sp³-hybridized carbons (Fsp3) is 0.421. The number of likely N-dealkylation sites (N-methyl/N-ethyl adjacent to an activating group) is 1. The molecule has 1 saturated heterocycles. The average molecular weight is 340 g/mol. The molecule has 0 unspecified atom stereocenters. The molecule has 6 nitrogen and oxygen atoms in total. The maximum absolute atomic E-state index is 13.1. The van der Waals surface area contributed by atoms with Gasteiger partial charge in [0.25, 0.3) is 0 Å². The molecule has 0 aliphatic carbocycles. The van der Waals surface area contributed by atoms with Gasteiger partial charge in [0, 0.05) is 39.5 Å². The molecule has 1 aromatic heterocycles. The first-order chi connectivity index (χ1) is 12.1. The molecule has 132 valence electrons. The zero-order valence-electron chi connectivity index (χ0n) is 14.7. The molecule has 0 N–H and O–H groups in total. The van der Waals surface area contributed by atoms with Gasteiger partial charge in [-0.15, -0.1) is 0 Å². The van der Waals surface area contributed by atoms with Crippen LogP contribution in [0.1, 0.15) is 24.4 Å². The highest BCUT2D eigenvalue weighted by Gasteiger charge is 2.39. The van der Waals surface area contributed by atoms with Crippen molar-refractivity contribution in [2.24, 2.45) is 5.92 Å². The van der Waals surface area contributed by atoms with Crippen LogP contribution < -0.4 is 0 Å². The van der Waals surface area contributed by atoms with Gasteiger partial charge in [0.15, 0.2) is 0 Å². The Bertz CT molecular complexity index is 714. The van der Waals surface area contributed by atoms with Crippen LogP contribution in [-0.4, -0.2) is 52.0 Å². The first kappa shape index (κ1) is 17.2. The number of amides is 2. The molecular formula is C19H24N4O2. The van der Waals surface area contributed by atoms with Crippen LogP contribution in [0.3, 0.4) is 0 Å². The summed E-state index contributed by atoms with van der Waals surface area (Å²) in [6, 6.07) is 11.5. The number of carbonyl (C=O) groups excluding carboxylic acids is 2. The van der Waals surface area contributed by atoms with Crippen molar-refractivity contribution in [1.82, 2.24) is 19.6 Å². The predicted octanol–water partition coefficient (Wildman–Crippen LogP) is 1.95. The molecular weight excluding hydrogens is 316 g/mol. The van der Waals surface area contributed by atoms with Gasteiger partial charge >= 0.3 is 0 Å². The summed E-state index contributed by atoms with van der Waals surface area (Å²) in [7, 11) is 3.62. The van der Waals surface area contributed by atoms with Crippen molar-refractivity contribution >= 4 is 11.8 Å². The van der Waals surface area contributed by atoms with Crippen LogP contribution >= 0.6 is 0 Å². The van der Waals surface area contributed by atoms with E-state index in [2.05, 4.69) is 5.10 Å². The Hall–Kier alpha value is -2.63. The molecule has 0 spiro atoms. The molecule has 1 fully saturated rings. The first-order valence-electron chi connectivity index (χ1n) is 8.61. The van der Waals surface area contributed by atoms with Gasteiger partial charge in [-0.25, -0.2) is 0 Å². The third kappa shape index (κ3) is 3.73. The number of likely N-dealkylation sites (tertiary alicyclic amines) is 1. The zero-order valence-corrected chi connectivity index (χ0v) is 14.7. The van der Waals surface area contributed by atoms with Gasteiger partial charge in [-0.2, -0.15) is 5.10 Å². The average Bonchev–Trinajstić information content (AvgIpc) is 3.15. The molecule has 1 aliphatic heterocycles. The van der Waals surface area contributed by atoms with Crippen LogP contribution in [-0.2, 0) is 16.1 Å². The molecule has 0 bridgehead atoms. The molecule has 1 aliphatic rings. The van der Waals surface area contributed by atoms with E-state index in [1.807, 2.05) is 54.3 Å². The molecule has 3 rings (SSSR count). The van der Waals surface area contributed by atoms with E-state index >= 15 is 0 Å². The highest BCUT2D eigenvalue weighted by atomic mass is 16.2. The van der Waals surface area contributed by atoms with Crippen molar-refractivity contribution in [3.63, 3.8) is 0 Å². The fourth-order valence-corrected chi connectivity index (χ4v) is 3.48. The molecule has 0 saturated carbocycles. The van der Waals surface area contributed by atoms with Gasteiger partial charge < -0.3 is 9.80 Å². The molecule has 1 aromatic carbocycles. The Kier molecular flexibility index (Phi) is 5.16. The third-order valence-electron chi connectivity index (χ3n) is 4.92. The molecule has 6 heteroatoms. The highest BCUT2D eigenvalue weighted by molar-refractivity contribution is 5.84. The lowest BCUT2D eigenvalue weighted by atomic mass is 9.83. The summed E-state index contributed by atoms with van der Waals surface area (Å²) >= 11 is 0. The van der Waals surface area contributed by atoms with Gasteiger partial charge in [-0.1, -0.05) is 30.3 Å². The lowest BCUT2D eigenvalue weighted by Crippen LogP contribution is -2.47. The number of piperidine rings is 1. The maximum Gasteiger partial charge on any atom is 0.227 e. The second kappa shape index (κ2) is 7.51. The van der Waals surface area contributed by atoms with Crippen molar-refractivity contribution in [3.8, 4) is 0 Å². The fourth-order valence-electron chi connectivity index (χ4n) is 3.48. The van der Waals surface area contributed by atoms with Gasteiger partial charge in [-0.05, 0) is 18.1 Å². The predicted molar refractivity (Wildman–Crippen MR) is 94.5 cm³/mol. The number of nitrogens with zero attached hydrogens (tertiary/aromatic N) is 4. The zero-order chi connectivity index (χ0) is 17.8. The minimum atomic E-state index is -0.215. The van der Waals surface area contributed by atoms with E-state index in [1.165, 1.54) is 0 Å². The van der Waals surface area contributed by atoms with Crippen LogP contribution in [0.2, 0.25) is 0 Å². The first-order valence-corrected chi connectivity index (χ1v) is 8.61. The van der Waals surface area contributed by atoms with E-state index in [0.717, 1.165) is 5.56 Å². The Morgan fingerprint density at radius 2 is 2.04 bits per heavy atom. The van der Waals surface area contributed by atoms with E-state index in [9.17, 15) is 9.59 Å². The van der Waals surface area contributed by atoms with E-state index in [0.29, 0.717) is 25.9 Å². The van der Waals surface area contributed by atoms with Crippen LogP contribution in [0.25, 0.3) is 0 Å². The van der Waals surface area contributed by atoms with Crippen molar-refractivity contribution < 1.29 is 9.59 Å². The lowest BCUT2D eigenvalue weighted by Gasteiger charge is -2.40. The number of rotatable bonds is 5. The largest absolute Gasteiger partial charge is 0.344 e. The minimum absolute atomic E-state index is 0.0837. The summed E-state index contributed by atoms with van der Waals surface area (Å²) in [5.74, 6) is -0.0369. The molecule has 2 amide bonds. The molecule has 2 aromatic rings. The standard InChI is InChI=1S/C19H24N4O2/c1-21(13-14-23-12-6-11-20-23)19(25)16-9-10-17(24)22(2)18(16)15-7-4-3-5-8-15/h3-8,11-12,16,18H,9-10,13-14H2,1-2H3/t16-,18-/m0/s1. The SMILES string of the molecule is CN(CCn1cccn1)C(=O)[C@H]1CCC(=O)N(C)[C@H]1c1ccccc1. The van der Waals surface area contributed by atoms with E-state index in [-0.39, 0.29) is 23.8 Å². The number of benzene rings is 1. The molecule has 0 radical (unpaired) electrons. The summed E-state index contributed by atoms with van der Waals surface area (Å²) in [4.78, 5) is 28.7. The van der Waals surface area contributed by atoms with Crippen LogP contribution in [0.15, 0.2) is 48.8 Å². The van der Waals surface area contributed by atoms with Gasteiger partial charge in [0.1, 0.15) is 0 Å². The molecule has 25 heavy (non-hydrogen) atoms. The summed E-state index contributed by atoms with van der Waals surface area (Å²) < 4.78 is 1.81. The van der Waals surface area contributed by atoms with Gasteiger partial charge in [0.05, 0.1) is 18.5 Å². The van der Waals surface area contributed by atoms with Crippen molar-refractivity contribution in [2.75, 3.05) is 20.6 Å². The van der Waals surface area contributed by atoms with E-state index < -0.39 is 0 Å². The van der Waals surface area contributed by atoms with Crippen LogP contribution in [0, 0.1) is 5.92 Å². The van der Waals surface area contributed by atoms with E-state index in [4.69, 9.17) is 0 Å². The normalized spacial score (nSPS) is 20.6. The maximum atomic E-state index is 13.1. The van der Waals surface area contributed by atoms with Crippen molar-refractivity contribution in [3.05, 3.63) is 54.4 Å². The monoisotopic (exact) mass is 340 g/mol. The Labute approximate surface area is 148 Å². The summed E-state index contributed by atoms with van der Waals surface area (Å²) in [6.45, 7) is 1.25. The molecule has 2 atom stereocenters. The summed E-state index contributed by atoms with van der Waals surface area (Å²) in [5.41, 5.74) is 1.01. The van der Waals surface area contributed by atoms with Gasteiger partial charge in [0.2, 0.25) is 11.8 Å². The number of aromatic nitrogens is 2. The second-order valence-electron chi connectivity index (χ2n) is 6.53. The Morgan fingerprint density at radius 1 is 1.28 bits per heavy atom. The quantitative estimate of drug-likeness (QED) is 0.836. The number of carbonyl (C=O) groups is 2. The topological polar surface area (TPSA) is 58.4 Å². The van der Waals surface area contributed by atoms with Crippen molar-refractivity contribution in [1.29, 1.82) is 0 Å². The minimum Gasteiger partial charge on any atom is -0.344 e. The van der Waals surface area contributed by atoms with Crippen molar-refractivity contribution in [2.45, 2.75) is 25.4 Å². The van der Waals surface area contributed by atoms with Crippen LogP contribution in [0.5, 0.6) is 0 Å².